The molecule has 2 fully saturated rings. The van der Waals surface area contributed by atoms with Gasteiger partial charge in [-0.1, -0.05) is 11.8 Å². The van der Waals surface area contributed by atoms with Crippen LogP contribution in [0, 0.1) is 0 Å². The zero-order valence-corrected chi connectivity index (χ0v) is 19.4. The standard InChI is InChI=1S/C19H30N6O3S2/c1-13-20-21-17(29-13)25-16-12-14(30(27,28)22-19(2)8-9-19)6-7-15(16)24(18(25)26)11-5-10-23(3)4/h6-7,12-13,17,20-22H,5,8-11H2,1-4H3. The van der Waals surface area contributed by atoms with E-state index in [1.807, 2.05) is 27.9 Å². The minimum atomic E-state index is -3.65. The van der Waals surface area contributed by atoms with Crippen molar-refractivity contribution in [3.8, 4) is 0 Å². The lowest BCUT2D eigenvalue weighted by atomic mass is 10.3. The fourth-order valence-corrected chi connectivity index (χ4v) is 6.13. The van der Waals surface area contributed by atoms with Crippen molar-refractivity contribution in [3.63, 3.8) is 0 Å². The Morgan fingerprint density at radius 1 is 1.27 bits per heavy atom. The van der Waals surface area contributed by atoms with Crippen molar-refractivity contribution < 1.29 is 8.42 Å². The first kappa shape index (κ1) is 21.8. The van der Waals surface area contributed by atoms with Gasteiger partial charge in [-0.05, 0) is 71.9 Å². The number of rotatable bonds is 8. The van der Waals surface area contributed by atoms with Crippen molar-refractivity contribution in [2.45, 2.75) is 61.0 Å². The smallest absolute Gasteiger partial charge is 0.309 e. The lowest BCUT2D eigenvalue weighted by Crippen LogP contribution is -2.35. The summed E-state index contributed by atoms with van der Waals surface area (Å²) >= 11 is 1.58. The van der Waals surface area contributed by atoms with Gasteiger partial charge in [0.2, 0.25) is 10.0 Å². The number of fused-ring (bicyclic) bond motifs is 1. The third kappa shape index (κ3) is 4.32. The Hall–Kier alpha value is -1.37. The molecule has 2 aliphatic rings. The summed E-state index contributed by atoms with van der Waals surface area (Å²) in [5, 5.41) is 0.137. The fraction of sp³-hybridized carbons (Fsp3) is 0.632. The maximum Gasteiger partial charge on any atom is 0.331 e. The molecule has 166 valence electrons. The van der Waals surface area contributed by atoms with Crippen molar-refractivity contribution in [3.05, 3.63) is 28.7 Å². The molecule has 4 rings (SSSR count). The zero-order valence-electron chi connectivity index (χ0n) is 17.8. The van der Waals surface area contributed by atoms with Crippen LogP contribution >= 0.6 is 11.8 Å². The monoisotopic (exact) mass is 454 g/mol. The maximum absolute atomic E-state index is 13.3. The number of hydrogen-bond acceptors (Lipinski definition) is 7. The van der Waals surface area contributed by atoms with E-state index in [9.17, 15) is 13.2 Å². The van der Waals surface area contributed by atoms with E-state index >= 15 is 0 Å². The number of hydrogen-bond donors (Lipinski definition) is 3. The van der Waals surface area contributed by atoms with Gasteiger partial charge < -0.3 is 4.90 Å². The number of nitrogens with one attached hydrogen (secondary N) is 3. The van der Waals surface area contributed by atoms with Crippen LogP contribution in [0.25, 0.3) is 11.0 Å². The second-order valence-corrected chi connectivity index (χ2v) is 11.8. The maximum atomic E-state index is 13.3. The summed E-state index contributed by atoms with van der Waals surface area (Å²) in [4.78, 5) is 15.6. The summed E-state index contributed by atoms with van der Waals surface area (Å²) < 4.78 is 32.0. The molecular weight excluding hydrogens is 424 g/mol. The molecule has 1 aromatic heterocycles. The second kappa shape index (κ2) is 7.95. The van der Waals surface area contributed by atoms with E-state index < -0.39 is 10.0 Å². The number of thioether (sulfide) groups is 1. The van der Waals surface area contributed by atoms with Crippen LogP contribution in [0.1, 0.15) is 38.6 Å². The van der Waals surface area contributed by atoms with Gasteiger partial charge in [-0.2, -0.15) is 0 Å². The molecule has 0 radical (unpaired) electrons. The average molecular weight is 455 g/mol. The summed E-state index contributed by atoms with van der Waals surface area (Å²) in [6.45, 7) is 5.36. The van der Waals surface area contributed by atoms with E-state index in [1.165, 1.54) is 0 Å². The number of aromatic nitrogens is 2. The van der Waals surface area contributed by atoms with Crippen LogP contribution in [-0.2, 0) is 16.6 Å². The third-order valence-corrected chi connectivity index (χ3v) is 8.34. The highest BCUT2D eigenvalue weighted by Gasteiger charge is 2.41. The van der Waals surface area contributed by atoms with Gasteiger partial charge in [0.25, 0.3) is 0 Å². The molecule has 1 saturated heterocycles. The number of nitrogens with zero attached hydrogens (tertiary/aromatic N) is 3. The number of benzene rings is 1. The van der Waals surface area contributed by atoms with Gasteiger partial charge in [0.15, 0.2) is 5.50 Å². The highest BCUT2D eigenvalue weighted by atomic mass is 32.2. The van der Waals surface area contributed by atoms with Gasteiger partial charge >= 0.3 is 5.69 Å². The van der Waals surface area contributed by atoms with E-state index in [0.717, 1.165) is 31.3 Å². The third-order valence-electron chi connectivity index (χ3n) is 5.59. The van der Waals surface area contributed by atoms with Crippen molar-refractivity contribution in [1.29, 1.82) is 0 Å². The normalized spacial score (nSPS) is 23.5. The molecule has 2 atom stereocenters. The molecule has 1 aliphatic heterocycles. The first-order valence-electron chi connectivity index (χ1n) is 10.2. The van der Waals surface area contributed by atoms with Crippen LogP contribution in [-0.4, -0.2) is 54.0 Å². The molecule has 11 heteroatoms. The van der Waals surface area contributed by atoms with Crippen LogP contribution in [0.4, 0.5) is 0 Å². The molecule has 1 saturated carbocycles. The van der Waals surface area contributed by atoms with Gasteiger partial charge in [-0.15, -0.1) is 0 Å². The van der Waals surface area contributed by atoms with Crippen LogP contribution < -0.4 is 21.3 Å². The summed E-state index contributed by atoms with van der Waals surface area (Å²) in [5.74, 6) is 0. The molecule has 1 aromatic carbocycles. The van der Waals surface area contributed by atoms with E-state index in [2.05, 4.69) is 20.5 Å². The Kier molecular flexibility index (Phi) is 5.79. The van der Waals surface area contributed by atoms with E-state index in [1.54, 1.807) is 39.1 Å². The summed E-state index contributed by atoms with van der Waals surface area (Å²) in [6, 6.07) is 4.97. The molecule has 2 unspecified atom stereocenters. The van der Waals surface area contributed by atoms with Crippen LogP contribution in [0.2, 0.25) is 0 Å². The van der Waals surface area contributed by atoms with Crippen molar-refractivity contribution in [2.24, 2.45) is 0 Å². The van der Waals surface area contributed by atoms with E-state index in [4.69, 9.17) is 0 Å². The Balaban J connectivity index is 1.77. The molecule has 2 aromatic rings. The molecule has 0 amide bonds. The van der Waals surface area contributed by atoms with Crippen LogP contribution in [0.3, 0.4) is 0 Å². The molecule has 0 bridgehead atoms. The second-order valence-electron chi connectivity index (χ2n) is 8.70. The quantitative estimate of drug-likeness (QED) is 0.552. The number of imidazole rings is 1. The van der Waals surface area contributed by atoms with Crippen LogP contribution in [0.5, 0.6) is 0 Å². The fourth-order valence-electron chi connectivity index (χ4n) is 3.66. The molecule has 9 nitrogen and oxygen atoms in total. The Morgan fingerprint density at radius 3 is 2.60 bits per heavy atom. The van der Waals surface area contributed by atoms with Gasteiger partial charge in [-0.3, -0.25) is 9.13 Å². The minimum absolute atomic E-state index is 0.137. The summed E-state index contributed by atoms with van der Waals surface area (Å²) in [5.41, 5.74) is 6.83. The van der Waals surface area contributed by atoms with E-state index in [0.29, 0.717) is 12.1 Å². The molecule has 1 aliphatic carbocycles. The predicted molar refractivity (Wildman–Crippen MR) is 120 cm³/mol. The summed E-state index contributed by atoms with van der Waals surface area (Å²) in [6.07, 6.45) is 2.51. The highest BCUT2D eigenvalue weighted by molar-refractivity contribution is 8.00. The topological polar surface area (TPSA) is 100 Å². The molecule has 3 N–H and O–H groups in total. The Labute approximate surface area is 181 Å². The first-order valence-corrected chi connectivity index (χ1v) is 12.6. The van der Waals surface area contributed by atoms with Gasteiger partial charge in [-0.25, -0.2) is 28.8 Å². The van der Waals surface area contributed by atoms with Crippen molar-refractivity contribution >= 4 is 32.8 Å². The van der Waals surface area contributed by atoms with Gasteiger partial charge in [0, 0.05) is 12.1 Å². The highest BCUT2D eigenvalue weighted by Crippen LogP contribution is 2.36. The minimum Gasteiger partial charge on any atom is -0.309 e. The van der Waals surface area contributed by atoms with Crippen LogP contribution in [0.15, 0.2) is 27.9 Å². The van der Waals surface area contributed by atoms with Gasteiger partial charge in [0.1, 0.15) is 0 Å². The Bertz CT molecular complexity index is 1100. The zero-order chi connectivity index (χ0) is 21.7. The lowest BCUT2D eigenvalue weighted by Gasteiger charge is -2.14. The largest absolute Gasteiger partial charge is 0.331 e. The first-order chi connectivity index (χ1) is 14.1. The molecule has 30 heavy (non-hydrogen) atoms. The van der Waals surface area contributed by atoms with Gasteiger partial charge in [0.05, 0.1) is 21.3 Å². The average Bonchev–Trinajstić information content (AvgIpc) is 3.10. The molecule has 0 spiro atoms. The predicted octanol–water partition coefficient (Wildman–Crippen LogP) is 1.23. The van der Waals surface area contributed by atoms with Crippen molar-refractivity contribution in [2.75, 3.05) is 20.6 Å². The number of aryl methyl sites for hydroxylation is 1. The van der Waals surface area contributed by atoms with Crippen molar-refractivity contribution in [1.82, 2.24) is 29.6 Å². The lowest BCUT2D eigenvalue weighted by molar-refractivity contribution is 0.384. The molecule has 2 heterocycles. The Morgan fingerprint density at radius 2 is 2.00 bits per heavy atom. The molecular formula is C19H30N6O3S2. The SMILES string of the molecule is CC1NNC(n2c(=O)n(CCCN(C)C)c3ccc(S(=O)(=O)NC4(C)CC4)cc32)S1. The van der Waals surface area contributed by atoms with E-state index in [-0.39, 0.29) is 27.0 Å². The number of sulfonamides is 1. The number of hydrazine groups is 1. The summed E-state index contributed by atoms with van der Waals surface area (Å²) in [7, 11) is 0.351.